The Morgan fingerprint density at radius 3 is 2.67 bits per heavy atom. The van der Waals surface area contributed by atoms with Crippen LogP contribution in [0.3, 0.4) is 0 Å². The minimum atomic E-state index is 0.883. The van der Waals surface area contributed by atoms with Crippen LogP contribution in [0.1, 0.15) is 5.56 Å². The molecular weight excluding hydrogens is 316 g/mol. The van der Waals surface area contributed by atoms with E-state index in [0.29, 0.717) is 0 Å². The molecule has 0 spiro atoms. The van der Waals surface area contributed by atoms with Crippen LogP contribution in [0.15, 0.2) is 61.1 Å². The van der Waals surface area contributed by atoms with Crippen LogP contribution in [0.5, 0.6) is 0 Å². The molecule has 3 heterocycles. The molecule has 24 heavy (non-hydrogen) atoms. The highest BCUT2D eigenvalue weighted by molar-refractivity contribution is 7.23. The van der Waals surface area contributed by atoms with Gasteiger partial charge in [0.25, 0.3) is 0 Å². The monoisotopic (exact) mass is 330 g/mol. The number of imidazole rings is 2. The molecule has 0 aliphatic heterocycles. The summed E-state index contributed by atoms with van der Waals surface area (Å²) in [6, 6.07) is 14.9. The predicted molar refractivity (Wildman–Crippen MR) is 98.3 cm³/mol. The first-order valence-corrected chi connectivity index (χ1v) is 8.58. The van der Waals surface area contributed by atoms with Crippen molar-refractivity contribution in [2.24, 2.45) is 0 Å². The van der Waals surface area contributed by atoms with E-state index in [1.165, 1.54) is 15.8 Å². The second kappa shape index (κ2) is 5.04. The number of aryl methyl sites for hydroxylation is 1. The third-order valence-electron chi connectivity index (χ3n) is 4.20. The Morgan fingerprint density at radius 1 is 1.04 bits per heavy atom. The summed E-state index contributed by atoms with van der Waals surface area (Å²) in [5.74, 6) is 0.883. The minimum absolute atomic E-state index is 0.883. The van der Waals surface area contributed by atoms with Gasteiger partial charge in [-0.2, -0.15) is 0 Å². The normalized spacial score (nSPS) is 11.5. The van der Waals surface area contributed by atoms with Gasteiger partial charge in [0.2, 0.25) is 0 Å². The van der Waals surface area contributed by atoms with Gasteiger partial charge in [-0.05, 0) is 24.6 Å². The van der Waals surface area contributed by atoms with E-state index < -0.39 is 0 Å². The molecule has 1 N–H and O–H groups in total. The molecule has 4 nitrogen and oxygen atoms in total. The van der Waals surface area contributed by atoms with Crippen LogP contribution in [0.25, 0.3) is 37.8 Å². The zero-order valence-electron chi connectivity index (χ0n) is 13.0. The Bertz CT molecular complexity index is 1150. The van der Waals surface area contributed by atoms with E-state index in [0.717, 1.165) is 27.6 Å². The molecule has 0 saturated heterocycles. The molecule has 116 valence electrons. The molecule has 0 radical (unpaired) electrons. The summed E-state index contributed by atoms with van der Waals surface area (Å²) in [6.45, 7) is 2.12. The number of thiazole rings is 1. The van der Waals surface area contributed by atoms with Crippen molar-refractivity contribution in [3.05, 3.63) is 66.6 Å². The van der Waals surface area contributed by atoms with Crippen molar-refractivity contribution < 1.29 is 0 Å². The van der Waals surface area contributed by atoms with Crippen molar-refractivity contribution in [1.82, 2.24) is 19.4 Å². The van der Waals surface area contributed by atoms with E-state index >= 15 is 0 Å². The number of hydrogen-bond donors (Lipinski definition) is 1. The molecule has 5 rings (SSSR count). The fraction of sp³-hybridized carbons (Fsp3) is 0.0526. The number of nitrogens with one attached hydrogen (secondary N) is 1. The Morgan fingerprint density at radius 2 is 1.88 bits per heavy atom. The molecule has 5 aromatic rings. The maximum absolute atomic E-state index is 4.80. The molecule has 0 atom stereocenters. The van der Waals surface area contributed by atoms with Crippen molar-refractivity contribution in [3.8, 4) is 22.6 Å². The van der Waals surface area contributed by atoms with Gasteiger partial charge in [0, 0.05) is 29.7 Å². The van der Waals surface area contributed by atoms with Gasteiger partial charge >= 0.3 is 0 Å². The second-order valence-electron chi connectivity index (χ2n) is 5.87. The van der Waals surface area contributed by atoms with E-state index in [9.17, 15) is 0 Å². The van der Waals surface area contributed by atoms with Gasteiger partial charge in [-0.25, -0.2) is 9.97 Å². The van der Waals surface area contributed by atoms with E-state index in [2.05, 4.69) is 70.0 Å². The van der Waals surface area contributed by atoms with Crippen molar-refractivity contribution in [1.29, 1.82) is 0 Å². The molecule has 0 amide bonds. The number of H-pyrrole nitrogens is 1. The van der Waals surface area contributed by atoms with Crippen LogP contribution < -0.4 is 0 Å². The first-order chi connectivity index (χ1) is 11.8. The maximum Gasteiger partial charge on any atom is 0.195 e. The van der Waals surface area contributed by atoms with Gasteiger partial charge < -0.3 is 4.98 Å². The zero-order valence-corrected chi connectivity index (χ0v) is 13.8. The van der Waals surface area contributed by atoms with Crippen molar-refractivity contribution in [2.75, 3.05) is 0 Å². The zero-order chi connectivity index (χ0) is 16.1. The van der Waals surface area contributed by atoms with E-state index in [-0.39, 0.29) is 0 Å². The average Bonchev–Trinajstić information content (AvgIpc) is 3.30. The lowest BCUT2D eigenvalue weighted by Crippen LogP contribution is -1.82. The first kappa shape index (κ1) is 13.5. The Hall–Kier alpha value is -2.92. The Labute approximate surface area is 142 Å². The summed E-state index contributed by atoms with van der Waals surface area (Å²) in [6.07, 6.45) is 5.71. The number of aromatic nitrogens is 4. The van der Waals surface area contributed by atoms with E-state index in [1.807, 2.05) is 6.20 Å². The third-order valence-corrected chi connectivity index (χ3v) is 5.22. The van der Waals surface area contributed by atoms with Gasteiger partial charge in [-0.3, -0.25) is 4.40 Å². The van der Waals surface area contributed by atoms with Crippen molar-refractivity contribution >= 4 is 26.5 Å². The van der Waals surface area contributed by atoms with E-state index in [1.54, 1.807) is 17.5 Å². The molecule has 2 aromatic carbocycles. The molecule has 0 aliphatic rings. The lowest BCUT2D eigenvalue weighted by atomic mass is 10.1. The fourth-order valence-corrected chi connectivity index (χ4v) is 4.08. The molecular formula is C19H14N4S. The molecule has 3 aromatic heterocycles. The fourth-order valence-electron chi connectivity index (χ4n) is 2.97. The number of nitrogens with zero attached hydrogens (tertiary/aromatic N) is 3. The molecule has 0 bridgehead atoms. The molecule has 0 unspecified atom stereocenters. The summed E-state index contributed by atoms with van der Waals surface area (Å²) < 4.78 is 3.45. The number of rotatable bonds is 2. The molecule has 5 heteroatoms. The summed E-state index contributed by atoms with van der Waals surface area (Å²) in [5.41, 5.74) is 5.68. The summed E-state index contributed by atoms with van der Waals surface area (Å²) >= 11 is 1.73. The SMILES string of the molecule is Cc1ccc2c(c1)sc1nc(-c3ccc(-c4ncc[nH]4)cc3)cn12. The number of benzene rings is 2. The summed E-state index contributed by atoms with van der Waals surface area (Å²) in [4.78, 5) is 13.2. The standard InChI is InChI=1S/C19H14N4S/c1-12-2-7-16-17(10-12)24-19-22-15(11-23(16)19)13-3-5-14(6-4-13)18-20-8-9-21-18/h2-11H,1H3,(H,20,21). The van der Waals surface area contributed by atoms with E-state index in [4.69, 9.17) is 4.98 Å². The lowest BCUT2D eigenvalue weighted by Gasteiger charge is -1.99. The van der Waals surface area contributed by atoms with Crippen molar-refractivity contribution in [2.45, 2.75) is 6.92 Å². The Balaban J connectivity index is 1.59. The van der Waals surface area contributed by atoms with Gasteiger partial charge in [0.1, 0.15) is 5.82 Å². The number of hydrogen-bond acceptors (Lipinski definition) is 3. The minimum Gasteiger partial charge on any atom is -0.345 e. The van der Waals surface area contributed by atoms with Crippen LogP contribution in [0.4, 0.5) is 0 Å². The molecule has 0 fully saturated rings. The lowest BCUT2D eigenvalue weighted by molar-refractivity contribution is 1.29. The number of aromatic amines is 1. The van der Waals surface area contributed by atoms with Crippen LogP contribution in [0, 0.1) is 6.92 Å². The topological polar surface area (TPSA) is 46.0 Å². The highest BCUT2D eigenvalue weighted by atomic mass is 32.1. The molecule has 0 saturated carbocycles. The highest BCUT2D eigenvalue weighted by Gasteiger charge is 2.10. The van der Waals surface area contributed by atoms with Gasteiger partial charge in [-0.15, -0.1) is 0 Å². The van der Waals surface area contributed by atoms with Crippen LogP contribution >= 0.6 is 11.3 Å². The largest absolute Gasteiger partial charge is 0.345 e. The van der Waals surface area contributed by atoms with Crippen LogP contribution in [-0.2, 0) is 0 Å². The highest BCUT2D eigenvalue weighted by Crippen LogP contribution is 2.30. The quantitative estimate of drug-likeness (QED) is 0.499. The number of fused-ring (bicyclic) bond motifs is 3. The van der Waals surface area contributed by atoms with Crippen LogP contribution in [0.2, 0.25) is 0 Å². The summed E-state index contributed by atoms with van der Waals surface area (Å²) in [7, 11) is 0. The van der Waals surface area contributed by atoms with Crippen LogP contribution in [-0.4, -0.2) is 19.4 Å². The second-order valence-corrected chi connectivity index (χ2v) is 6.88. The van der Waals surface area contributed by atoms with Gasteiger partial charge in [0.05, 0.1) is 15.9 Å². The Kier molecular flexibility index (Phi) is 2.84. The first-order valence-electron chi connectivity index (χ1n) is 7.76. The maximum atomic E-state index is 4.80. The van der Waals surface area contributed by atoms with Gasteiger partial charge in [-0.1, -0.05) is 41.7 Å². The predicted octanol–water partition coefficient (Wildman–Crippen LogP) is 4.91. The van der Waals surface area contributed by atoms with Crippen molar-refractivity contribution in [3.63, 3.8) is 0 Å². The summed E-state index contributed by atoms with van der Waals surface area (Å²) in [5, 5.41) is 0. The van der Waals surface area contributed by atoms with Gasteiger partial charge in [0.15, 0.2) is 4.96 Å². The average molecular weight is 330 g/mol. The molecule has 0 aliphatic carbocycles. The third kappa shape index (κ3) is 2.06. The smallest absolute Gasteiger partial charge is 0.195 e.